The number of esters is 1. The van der Waals surface area contributed by atoms with Gasteiger partial charge in [0.1, 0.15) is 5.00 Å². The third-order valence-corrected chi connectivity index (χ3v) is 9.29. The molecule has 0 spiro atoms. The van der Waals surface area contributed by atoms with Gasteiger partial charge in [0.2, 0.25) is 11.8 Å². The van der Waals surface area contributed by atoms with E-state index >= 15 is 0 Å². The molecule has 5 rings (SSSR count). The molecule has 0 saturated carbocycles. The van der Waals surface area contributed by atoms with Crippen LogP contribution in [0.15, 0.2) is 59.8 Å². The normalized spacial score (nSPS) is 12.6. The lowest BCUT2D eigenvalue weighted by atomic mass is 10.1. The number of nitro benzene ring substituents is 1. The summed E-state index contributed by atoms with van der Waals surface area (Å²) >= 11 is 2.55. The van der Waals surface area contributed by atoms with Crippen molar-refractivity contribution < 1.29 is 24.0 Å². The largest absolute Gasteiger partial charge is 0.462 e. The number of nitrogens with one attached hydrogen (secondary N) is 2. The van der Waals surface area contributed by atoms with Crippen molar-refractivity contribution in [3.63, 3.8) is 0 Å². The lowest BCUT2D eigenvalue weighted by Gasteiger charge is -2.11. The molecule has 2 N–H and O–H groups in total. The molecular formula is C31H32N6O6S2. The molecular weight excluding hydrogens is 617 g/mol. The second-order valence-electron chi connectivity index (χ2n) is 10.3. The fourth-order valence-corrected chi connectivity index (χ4v) is 7.12. The highest BCUT2D eigenvalue weighted by Gasteiger charge is 2.27. The van der Waals surface area contributed by atoms with Gasteiger partial charge >= 0.3 is 5.97 Å². The number of fused-ring (bicyclic) bond motifs is 1. The molecule has 2 amide bonds. The van der Waals surface area contributed by atoms with Gasteiger partial charge in [0.15, 0.2) is 11.0 Å². The molecule has 2 heterocycles. The second kappa shape index (κ2) is 14.9. The van der Waals surface area contributed by atoms with Crippen LogP contribution in [0.1, 0.15) is 58.4 Å². The number of hydrogen-bond donors (Lipinski definition) is 2. The minimum atomic E-state index is -0.491. The summed E-state index contributed by atoms with van der Waals surface area (Å²) < 4.78 is 6.98. The molecule has 1 aliphatic carbocycles. The van der Waals surface area contributed by atoms with Gasteiger partial charge in [0, 0.05) is 22.7 Å². The molecule has 45 heavy (non-hydrogen) atoms. The lowest BCUT2D eigenvalue weighted by molar-refractivity contribution is -0.384. The lowest BCUT2D eigenvalue weighted by Crippen LogP contribution is -2.26. The van der Waals surface area contributed by atoms with Gasteiger partial charge < -0.3 is 15.4 Å². The van der Waals surface area contributed by atoms with E-state index in [1.54, 1.807) is 23.6 Å². The van der Waals surface area contributed by atoms with E-state index < -0.39 is 10.9 Å². The van der Waals surface area contributed by atoms with Crippen LogP contribution in [0.3, 0.4) is 0 Å². The molecule has 4 aromatic rings. The number of non-ortho nitro benzene ring substituents is 1. The minimum absolute atomic E-state index is 0.0453. The summed E-state index contributed by atoms with van der Waals surface area (Å²) in [5.41, 5.74) is 2.73. The number of nitro groups is 1. The molecule has 0 radical (unpaired) electrons. The number of aryl methyl sites for hydroxylation is 1. The summed E-state index contributed by atoms with van der Waals surface area (Å²) in [4.78, 5) is 50.5. The first-order chi connectivity index (χ1) is 21.8. The average molecular weight is 649 g/mol. The Hall–Kier alpha value is -4.56. The summed E-state index contributed by atoms with van der Waals surface area (Å²) in [6.07, 6.45) is 4.93. The minimum Gasteiger partial charge on any atom is -0.462 e. The van der Waals surface area contributed by atoms with E-state index in [1.165, 1.54) is 23.5 Å². The van der Waals surface area contributed by atoms with Gasteiger partial charge in [-0.15, -0.1) is 21.5 Å². The third kappa shape index (κ3) is 7.94. The maximum atomic E-state index is 13.2. The smallest absolute Gasteiger partial charge is 0.341 e. The number of aromatic nitrogens is 3. The van der Waals surface area contributed by atoms with Gasteiger partial charge in [-0.1, -0.05) is 48.5 Å². The number of nitrogens with zero attached hydrogens (tertiary/aromatic N) is 4. The molecule has 0 fully saturated rings. The van der Waals surface area contributed by atoms with Gasteiger partial charge in [-0.25, -0.2) is 4.79 Å². The summed E-state index contributed by atoms with van der Waals surface area (Å²) in [6.45, 7) is 2.04. The number of rotatable bonds is 12. The zero-order valence-corrected chi connectivity index (χ0v) is 26.2. The number of carbonyl (C=O) groups is 3. The molecule has 0 unspecified atom stereocenters. The first kappa shape index (κ1) is 31.9. The van der Waals surface area contributed by atoms with E-state index in [9.17, 15) is 24.5 Å². The highest BCUT2D eigenvalue weighted by atomic mass is 32.2. The van der Waals surface area contributed by atoms with Crippen molar-refractivity contribution in [2.24, 2.45) is 0 Å². The van der Waals surface area contributed by atoms with Crippen molar-refractivity contribution in [1.82, 2.24) is 20.1 Å². The van der Waals surface area contributed by atoms with Crippen molar-refractivity contribution >= 4 is 51.6 Å². The Bertz CT molecular complexity index is 1690. The summed E-state index contributed by atoms with van der Waals surface area (Å²) in [5.74, 6) is -0.634. The highest BCUT2D eigenvalue weighted by molar-refractivity contribution is 7.99. The Morgan fingerprint density at radius 1 is 1.02 bits per heavy atom. The molecule has 0 bridgehead atoms. The number of benzene rings is 2. The molecule has 234 valence electrons. The molecule has 1 aliphatic rings. The Morgan fingerprint density at radius 3 is 2.51 bits per heavy atom. The Morgan fingerprint density at radius 2 is 1.78 bits per heavy atom. The van der Waals surface area contributed by atoms with Crippen LogP contribution >= 0.6 is 23.1 Å². The van der Waals surface area contributed by atoms with Crippen molar-refractivity contribution in [2.75, 3.05) is 17.7 Å². The molecule has 14 heteroatoms. The van der Waals surface area contributed by atoms with E-state index in [0.29, 0.717) is 27.2 Å². The van der Waals surface area contributed by atoms with Crippen LogP contribution in [0.25, 0.3) is 5.69 Å². The molecule has 12 nitrogen and oxygen atoms in total. The van der Waals surface area contributed by atoms with Crippen LogP contribution in [0.5, 0.6) is 0 Å². The highest BCUT2D eigenvalue weighted by Crippen LogP contribution is 2.38. The molecule has 0 atom stereocenters. The quantitative estimate of drug-likeness (QED) is 0.0686. The molecule has 0 aliphatic heterocycles. The Balaban J connectivity index is 1.33. The summed E-state index contributed by atoms with van der Waals surface area (Å²) in [6, 6.07) is 15.2. The van der Waals surface area contributed by atoms with Gasteiger partial charge in [0.05, 0.1) is 35.8 Å². The summed E-state index contributed by atoms with van der Waals surface area (Å²) in [7, 11) is 0. The van der Waals surface area contributed by atoms with Crippen molar-refractivity contribution in [3.8, 4) is 5.69 Å². The van der Waals surface area contributed by atoms with E-state index in [2.05, 4.69) is 20.8 Å². The Kier molecular flexibility index (Phi) is 10.6. The van der Waals surface area contributed by atoms with E-state index in [1.807, 2.05) is 30.3 Å². The van der Waals surface area contributed by atoms with E-state index in [0.717, 1.165) is 59.9 Å². The monoisotopic (exact) mass is 648 g/mol. The number of ether oxygens (including phenoxy) is 1. The van der Waals surface area contributed by atoms with Crippen LogP contribution in [-0.4, -0.2) is 49.8 Å². The van der Waals surface area contributed by atoms with Crippen LogP contribution in [0.2, 0.25) is 0 Å². The topological polar surface area (TPSA) is 158 Å². The number of carbonyl (C=O) groups excluding carboxylic acids is 3. The fraction of sp³-hybridized carbons (Fsp3) is 0.323. The second-order valence-corrected chi connectivity index (χ2v) is 12.3. The van der Waals surface area contributed by atoms with Gasteiger partial charge in [-0.3, -0.25) is 24.3 Å². The zero-order chi connectivity index (χ0) is 31.8. The Labute approximate surface area is 267 Å². The van der Waals surface area contributed by atoms with Crippen molar-refractivity contribution in [1.29, 1.82) is 0 Å². The fourth-order valence-electron chi connectivity index (χ4n) is 5.06. The number of hydrogen-bond acceptors (Lipinski definition) is 10. The standard InChI is InChI=1S/C31H32N6O6S2/c1-2-43-30(40)28-23-11-7-4-8-12-24(23)45-29(28)33-27(39)19-44-31-35-34-25(18-32-26(38)17-20-9-5-3-6-10-20)36(31)21-13-15-22(16-14-21)37(41)42/h3,5-6,9-10,13-16H,2,4,7-8,11-12,17-19H2,1H3,(H,32,38)(H,33,39). The maximum absolute atomic E-state index is 13.2. The van der Waals surface area contributed by atoms with Gasteiger partial charge in [0.25, 0.3) is 5.69 Å². The van der Waals surface area contributed by atoms with Gasteiger partial charge in [-0.2, -0.15) is 0 Å². The van der Waals surface area contributed by atoms with Crippen LogP contribution in [0, 0.1) is 10.1 Å². The number of thioether (sulfide) groups is 1. The first-order valence-electron chi connectivity index (χ1n) is 14.6. The SMILES string of the molecule is CCOC(=O)c1c(NC(=O)CSc2nnc(CNC(=O)Cc3ccccc3)n2-c2ccc([N+](=O)[O-])cc2)sc2c1CCCCC2. The maximum Gasteiger partial charge on any atom is 0.341 e. The first-order valence-corrected chi connectivity index (χ1v) is 16.4. The van der Waals surface area contributed by atoms with Crippen molar-refractivity contribution in [3.05, 3.63) is 92.1 Å². The van der Waals surface area contributed by atoms with Crippen molar-refractivity contribution in [2.45, 2.75) is 57.1 Å². The summed E-state index contributed by atoms with van der Waals surface area (Å²) in [5, 5.41) is 26.4. The predicted molar refractivity (Wildman–Crippen MR) is 171 cm³/mol. The molecule has 2 aromatic heterocycles. The van der Waals surface area contributed by atoms with Crippen LogP contribution in [-0.2, 0) is 40.1 Å². The molecule has 2 aromatic carbocycles. The number of amides is 2. The number of anilines is 1. The average Bonchev–Trinajstić information content (AvgIpc) is 3.51. The van der Waals surface area contributed by atoms with E-state index in [-0.39, 0.29) is 42.8 Å². The van der Waals surface area contributed by atoms with Crippen LogP contribution < -0.4 is 10.6 Å². The third-order valence-electron chi connectivity index (χ3n) is 7.16. The predicted octanol–water partition coefficient (Wildman–Crippen LogP) is 5.27. The van der Waals surface area contributed by atoms with Gasteiger partial charge in [-0.05, 0) is 55.9 Å². The van der Waals surface area contributed by atoms with Crippen LogP contribution in [0.4, 0.5) is 10.7 Å². The van der Waals surface area contributed by atoms with E-state index in [4.69, 9.17) is 4.74 Å². The zero-order valence-electron chi connectivity index (χ0n) is 24.6. The molecule has 0 saturated heterocycles. The number of thiophene rings is 1.